The molecule has 2 amide bonds. The number of hydrogen-bond acceptors (Lipinski definition) is 4. The molecule has 6 nitrogen and oxygen atoms in total. The summed E-state index contributed by atoms with van der Waals surface area (Å²) in [6.45, 7) is 3.12. The molecular formula is C21H28N2O4. The number of piperidine rings is 2. The van der Waals surface area contributed by atoms with Gasteiger partial charge >= 0.3 is 0 Å². The van der Waals surface area contributed by atoms with Crippen LogP contribution in [0.4, 0.5) is 0 Å². The predicted octanol–water partition coefficient (Wildman–Crippen LogP) is 2.66. The second-order valence-electron chi connectivity index (χ2n) is 8.39. The zero-order valence-electron chi connectivity index (χ0n) is 15.9. The van der Waals surface area contributed by atoms with E-state index in [1.807, 2.05) is 4.90 Å². The molecule has 0 aromatic heterocycles. The Morgan fingerprint density at radius 1 is 1.26 bits per heavy atom. The number of methoxy groups -OCH3 is 1. The average molecular weight is 372 g/mol. The van der Waals surface area contributed by atoms with Crippen molar-refractivity contribution in [1.82, 2.24) is 9.80 Å². The minimum atomic E-state index is -0.133. The lowest BCUT2D eigenvalue weighted by Gasteiger charge is -2.47. The molecule has 0 radical (unpaired) electrons. The monoisotopic (exact) mass is 372 g/mol. The average Bonchev–Trinajstić information content (AvgIpc) is 3.49. The van der Waals surface area contributed by atoms with Crippen LogP contribution >= 0.6 is 0 Å². The van der Waals surface area contributed by atoms with Crippen LogP contribution in [0.25, 0.3) is 0 Å². The molecule has 1 aromatic carbocycles. The Hall–Kier alpha value is -2.24. The van der Waals surface area contributed by atoms with E-state index in [-0.39, 0.29) is 17.1 Å². The molecule has 1 aliphatic carbocycles. The summed E-state index contributed by atoms with van der Waals surface area (Å²) in [6.07, 6.45) is 5.92. The van der Waals surface area contributed by atoms with Crippen molar-refractivity contribution in [3.8, 4) is 11.5 Å². The molecule has 2 heterocycles. The molecule has 0 unspecified atom stereocenters. The zero-order valence-corrected chi connectivity index (χ0v) is 15.9. The van der Waals surface area contributed by atoms with Gasteiger partial charge in [0, 0.05) is 38.7 Å². The van der Waals surface area contributed by atoms with Gasteiger partial charge in [0.2, 0.25) is 5.91 Å². The van der Waals surface area contributed by atoms with Gasteiger partial charge in [-0.25, -0.2) is 0 Å². The summed E-state index contributed by atoms with van der Waals surface area (Å²) < 4.78 is 5.08. The van der Waals surface area contributed by atoms with E-state index >= 15 is 0 Å². The van der Waals surface area contributed by atoms with E-state index in [1.54, 1.807) is 12.1 Å². The summed E-state index contributed by atoms with van der Waals surface area (Å²) in [5.41, 5.74) is 0.475. The number of hydrogen-bond donors (Lipinski definition) is 1. The summed E-state index contributed by atoms with van der Waals surface area (Å²) >= 11 is 0. The summed E-state index contributed by atoms with van der Waals surface area (Å²) in [5.74, 6) is 1.37. The van der Waals surface area contributed by atoms with Crippen molar-refractivity contribution < 1.29 is 19.4 Å². The number of benzene rings is 1. The number of rotatable bonds is 4. The van der Waals surface area contributed by atoms with Crippen LogP contribution in [0.3, 0.4) is 0 Å². The van der Waals surface area contributed by atoms with Gasteiger partial charge in [-0.15, -0.1) is 0 Å². The number of phenolic OH excluding ortho intramolecular Hbond substituents is 1. The second kappa shape index (κ2) is 7.06. The van der Waals surface area contributed by atoms with Crippen molar-refractivity contribution in [1.29, 1.82) is 0 Å². The molecule has 3 aliphatic rings. The van der Waals surface area contributed by atoms with E-state index in [4.69, 9.17) is 4.74 Å². The highest BCUT2D eigenvalue weighted by atomic mass is 16.5. The highest BCUT2D eigenvalue weighted by Crippen LogP contribution is 2.42. The third kappa shape index (κ3) is 3.75. The van der Waals surface area contributed by atoms with Gasteiger partial charge < -0.3 is 19.6 Å². The smallest absolute Gasteiger partial charge is 0.257 e. The summed E-state index contributed by atoms with van der Waals surface area (Å²) in [4.78, 5) is 29.0. The van der Waals surface area contributed by atoms with Crippen LogP contribution in [-0.2, 0) is 4.79 Å². The van der Waals surface area contributed by atoms with Crippen LogP contribution in [0, 0.1) is 11.3 Å². The molecule has 6 heteroatoms. The lowest BCUT2D eigenvalue weighted by Crippen LogP contribution is -2.52. The molecule has 2 aliphatic heterocycles. The van der Waals surface area contributed by atoms with E-state index in [9.17, 15) is 14.7 Å². The molecular weight excluding hydrogens is 344 g/mol. The van der Waals surface area contributed by atoms with Crippen LogP contribution in [0.1, 0.15) is 48.9 Å². The second-order valence-corrected chi connectivity index (χ2v) is 8.39. The van der Waals surface area contributed by atoms with Crippen molar-refractivity contribution >= 4 is 11.8 Å². The van der Waals surface area contributed by atoms with Gasteiger partial charge in [-0.1, -0.05) is 0 Å². The van der Waals surface area contributed by atoms with Gasteiger partial charge in [0.05, 0.1) is 12.7 Å². The van der Waals surface area contributed by atoms with Gasteiger partial charge in [-0.2, -0.15) is 0 Å². The van der Waals surface area contributed by atoms with Gasteiger partial charge in [-0.05, 0) is 55.6 Å². The minimum absolute atomic E-state index is 0.0430. The lowest BCUT2D eigenvalue weighted by atomic mass is 9.72. The Balaban J connectivity index is 1.39. The predicted molar refractivity (Wildman–Crippen MR) is 101 cm³/mol. The first-order chi connectivity index (χ1) is 13.0. The standard InChI is InChI=1S/C21H28N2O4/c1-27-16-4-5-17(18(24)12-16)20(26)22-10-8-21(9-11-22)7-6-19(25)23(14-21)13-15-2-3-15/h4-5,12,15,24H,2-3,6-11,13-14H2,1H3. The maximum absolute atomic E-state index is 12.8. The molecule has 0 bridgehead atoms. The first-order valence-corrected chi connectivity index (χ1v) is 9.94. The molecule has 1 N–H and O–H groups in total. The Morgan fingerprint density at radius 3 is 2.63 bits per heavy atom. The Kier molecular flexibility index (Phi) is 4.74. The number of carbonyl (C=O) groups is 2. The molecule has 1 saturated carbocycles. The fourth-order valence-corrected chi connectivity index (χ4v) is 4.46. The van der Waals surface area contributed by atoms with Crippen molar-refractivity contribution in [2.24, 2.45) is 11.3 Å². The SMILES string of the molecule is COc1ccc(C(=O)N2CCC3(CCC(=O)N(CC4CC4)C3)CC2)c(O)c1. The van der Waals surface area contributed by atoms with Gasteiger partial charge in [0.25, 0.3) is 5.91 Å². The fraction of sp³-hybridized carbons (Fsp3) is 0.619. The van der Waals surface area contributed by atoms with Crippen molar-refractivity contribution in [3.05, 3.63) is 23.8 Å². The number of likely N-dealkylation sites (tertiary alicyclic amines) is 2. The largest absolute Gasteiger partial charge is 0.507 e. The van der Waals surface area contributed by atoms with Crippen LogP contribution in [-0.4, -0.2) is 60.0 Å². The van der Waals surface area contributed by atoms with Crippen LogP contribution in [0.2, 0.25) is 0 Å². The molecule has 3 fully saturated rings. The Labute approximate surface area is 160 Å². The normalized spacial score (nSPS) is 22.2. The van der Waals surface area contributed by atoms with Crippen LogP contribution < -0.4 is 4.74 Å². The Bertz CT molecular complexity index is 736. The maximum Gasteiger partial charge on any atom is 0.257 e. The molecule has 1 spiro atoms. The summed E-state index contributed by atoms with van der Waals surface area (Å²) in [6, 6.07) is 4.79. The van der Waals surface area contributed by atoms with Crippen LogP contribution in [0.5, 0.6) is 11.5 Å². The van der Waals surface area contributed by atoms with Gasteiger partial charge in [-0.3, -0.25) is 9.59 Å². The molecule has 146 valence electrons. The van der Waals surface area contributed by atoms with E-state index in [0.29, 0.717) is 42.6 Å². The van der Waals surface area contributed by atoms with E-state index in [0.717, 1.165) is 32.4 Å². The number of ether oxygens (including phenoxy) is 1. The number of carbonyl (C=O) groups excluding carboxylic acids is 2. The highest BCUT2D eigenvalue weighted by molar-refractivity contribution is 5.97. The quantitative estimate of drug-likeness (QED) is 0.882. The topological polar surface area (TPSA) is 70.1 Å². The van der Waals surface area contributed by atoms with E-state index < -0.39 is 0 Å². The summed E-state index contributed by atoms with van der Waals surface area (Å²) in [7, 11) is 1.53. The molecule has 0 atom stereocenters. The van der Waals surface area contributed by atoms with Crippen molar-refractivity contribution in [3.63, 3.8) is 0 Å². The number of nitrogens with zero attached hydrogens (tertiary/aromatic N) is 2. The maximum atomic E-state index is 12.8. The van der Waals surface area contributed by atoms with E-state index in [1.165, 1.54) is 26.0 Å². The highest BCUT2D eigenvalue weighted by Gasteiger charge is 2.43. The Morgan fingerprint density at radius 2 is 2.00 bits per heavy atom. The zero-order chi connectivity index (χ0) is 19.0. The lowest BCUT2D eigenvalue weighted by molar-refractivity contribution is -0.139. The fourth-order valence-electron chi connectivity index (χ4n) is 4.46. The van der Waals surface area contributed by atoms with E-state index in [2.05, 4.69) is 4.90 Å². The third-order valence-corrected chi connectivity index (χ3v) is 6.47. The first kappa shape index (κ1) is 18.1. The van der Waals surface area contributed by atoms with Gasteiger partial charge in [0.15, 0.2) is 0 Å². The third-order valence-electron chi connectivity index (χ3n) is 6.47. The van der Waals surface area contributed by atoms with Crippen LogP contribution in [0.15, 0.2) is 18.2 Å². The number of phenols is 1. The summed E-state index contributed by atoms with van der Waals surface area (Å²) in [5, 5.41) is 10.1. The van der Waals surface area contributed by atoms with Crippen molar-refractivity contribution in [2.45, 2.75) is 38.5 Å². The number of amides is 2. The molecule has 27 heavy (non-hydrogen) atoms. The first-order valence-electron chi connectivity index (χ1n) is 9.94. The molecule has 1 aromatic rings. The number of aromatic hydroxyl groups is 1. The molecule has 2 saturated heterocycles. The van der Waals surface area contributed by atoms with Gasteiger partial charge in [0.1, 0.15) is 11.5 Å². The minimum Gasteiger partial charge on any atom is -0.507 e. The molecule has 4 rings (SSSR count). The van der Waals surface area contributed by atoms with Crippen molar-refractivity contribution in [2.75, 3.05) is 33.3 Å².